The molecular weight excluding hydrogens is 176 g/mol. The smallest absolute Gasteiger partial charge is 0.195 e. The van der Waals surface area contributed by atoms with Crippen LogP contribution in [0.15, 0.2) is 30.9 Å². The van der Waals surface area contributed by atoms with Gasteiger partial charge in [-0.25, -0.2) is 15.0 Å². The molecule has 0 bridgehead atoms. The quantitative estimate of drug-likeness (QED) is 0.723. The molecule has 0 unspecified atom stereocenters. The number of hydrogen-bond donors (Lipinski definition) is 1. The molecule has 2 rings (SSSR count). The molecule has 62 valence electrons. The average Bonchev–Trinajstić information content (AvgIpc) is 2.58. The third-order valence-corrected chi connectivity index (χ3v) is 1.28. The number of rotatable bonds is 1. The van der Waals surface area contributed by atoms with Crippen LogP contribution in [0, 0.1) is 0 Å². The monoisotopic (exact) mass is 182 g/mol. The van der Waals surface area contributed by atoms with Crippen molar-refractivity contribution in [2.45, 2.75) is 0 Å². The van der Waals surface area contributed by atoms with Crippen LogP contribution >= 0.6 is 12.4 Å². The van der Waals surface area contributed by atoms with Crippen LogP contribution in [-0.4, -0.2) is 19.9 Å². The third-order valence-electron chi connectivity index (χ3n) is 1.28. The predicted molar refractivity (Wildman–Crippen MR) is 46.9 cm³/mol. The highest BCUT2D eigenvalue weighted by atomic mass is 35.5. The molecule has 2 aromatic rings. The lowest BCUT2D eigenvalue weighted by molar-refractivity contribution is 1.12. The van der Waals surface area contributed by atoms with E-state index < -0.39 is 0 Å². The highest BCUT2D eigenvalue weighted by Gasteiger charge is 1.98. The number of halogens is 1. The second-order valence-electron chi connectivity index (χ2n) is 2.01. The zero-order valence-corrected chi connectivity index (χ0v) is 6.95. The minimum absolute atomic E-state index is 0. The van der Waals surface area contributed by atoms with Gasteiger partial charge in [-0.1, -0.05) is 0 Å². The Morgan fingerprint density at radius 3 is 2.33 bits per heavy atom. The van der Waals surface area contributed by atoms with Crippen molar-refractivity contribution in [3.05, 3.63) is 30.9 Å². The lowest BCUT2D eigenvalue weighted by atomic mass is 10.5. The van der Waals surface area contributed by atoms with Gasteiger partial charge in [-0.05, 0) is 6.07 Å². The van der Waals surface area contributed by atoms with Crippen LogP contribution in [0.3, 0.4) is 0 Å². The van der Waals surface area contributed by atoms with Gasteiger partial charge in [0.15, 0.2) is 11.6 Å². The molecule has 0 saturated carbocycles. The first-order valence-electron chi connectivity index (χ1n) is 3.23. The summed E-state index contributed by atoms with van der Waals surface area (Å²) in [6.07, 6.45) is 6.78. The summed E-state index contributed by atoms with van der Waals surface area (Å²) in [5, 5.41) is 0. The molecule has 4 nitrogen and oxygen atoms in total. The number of imidazole rings is 1. The van der Waals surface area contributed by atoms with Gasteiger partial charge in [0, 0.05) is 24.8 Å². The molecule has 0 aliphatic carbocycles. The Morgan fingerprint density at radius 2 is 1.75 bits per heavy atom. The van der Waals surface area contributed by atoms with Gasteiger partial charge in [0.05, 0.1) is 0 Å². The predicted octanol–water partition coefficient (Wildman–Crippen LogP) is 1.29. The largest absolute Gasteiger partial charge is 0.342 e. The van der Waals surface area contributed by atoms with Crippen LogP contribution in [0.5, 0.6) is 0 Å². The van der Waals surface area contributed by atoms with Gasteiger partial charge in [-0.2, -0.15) is 0 Å². The topological polar surface area (TPSA) is 54.5 Å². The standard InChI is InChI=1S/C7H6N4.ClH/c1-2-8-6(9-3-1)7-10-4-5-11-7;/h1-5H,(H,10,11);1H. The van der Waals surface area contributed by atoms with E-state index in [1.165, 1.54) is 0 Å². The normalized spacial score (nSPS) is 9.00. The summed E-state index contributed by atoms with van der Waals surface area (Å²) >= 11 is 0. The molecule has 0 aliphatic heterocycles. The molecule has 1 N–H and O–H groups in total. The van der Waals surface area contributed by atoms with Crippen LogP contribution in [0.4, 0.5) is 0 Å². The maximum atomic E-state index is 4.02. The summed E-state index contributed by atoms with van der Waals surface area (Å²) in [5.74, 6) is 1.32. The SMILES string of the molecule is Cl.c1cnc(-c2ncc[nH]2)nc1. The molecule has 5 heteroatoms. The summed E-state index contributed by atoms with van der Waals surface area (Å²) in [5.41, 5.74) is 0. The highest BCUT2D eigenvalue weighted by Crippen LogP contribution is 2.04. The number of H-pyrrole nitrogens is 1. The van der Waals surface area contributed by atoms with Gasteiger partial charge < -0.3 is 4.98 Å². The zero-order valence-electron chi connectivity index (χ0n) is 6.14. The van der Waals surface area contributed by atoms with Crippen LogP contribution in [-0.2, 0) is 0 Å². The van der Waals surface area contributed by atoms with Crippen molar-refractivity contribution in [2.24, 2.45) is 0 Å². The van der Waals surface area contributed by atoms with E-state index in [4.69, 9.17) is 0 Å². The maximum absolute atomic E-state index is 4.02. The minimum Gasteiger partial charge on any atom is -0.342 e. The van der Waals surface area contributed by atoms with Crippen molar-refractivity contribution in [2.75, 3.05) is 0 Å². The fourth-order valence-corrected chi connectivity index (χ4v) is 0.809. The summed E-state index contributed by atoms with van der Waals surface area (Å²) in [7, 11) is 0. The first kappa shape index (κ1) is 8.67. The van der Waals surface area contributed by atoms with E-state index >= 15 is 0 Å². The van der Waals surface area contributed by atoms with Crippen molar-refractivity contribution >= 4 is 12.4 Å². The minimum atomic E-state index is 0. The summed E-state index contributed by atoms with van der Waals surface area (Å²) in [6, 6.07) is 1.77. The van der Waals surface area contributed by atoms with E-state index in [2.05, 4.69) is 19.9 Å². The molecule has 0 amide bonds. The van der Waals surface area contributed by atoms with Crippen molar-refractivity contribution in [1.82, 2.24) is 19.9 Å². The fraction of sp³-hybridized carbons (Fsp3) is 0. The van der Waals surface area contributed by atoms with E-state index in [0.717, 1.165) is 0 Å². The number of nitrogens with one attached hydrogen (secondary N) is 1. The Balaban J connectivity index is 0.000000720. The van der Waals surface area contributed by atoms with Gasteiger partial charge in [0.25, 0.3) is 0 Å². The van der Waals surface area contributed by atoms with Crippen LogP contribution in [0.2, 0.25) is 0 Å². The van der Waals surface area contributed by atoms with E-state index in [1.807, 2.05) is 0 Å². The molecule has 0 radical (unpaired) electrons. The number of nitrogens with zero attached hydrogens (tertiary/aromatic N) is 3. The zero-order chi connectivity index (χ0) is 7.52. The molecule has 2 aromatic heterocycles. The van der Waals surface area contributed by atoms with E-state index in [-0.39, 0.29) is 12.4 Å². The van der Waals surface area contributed by atoms with Crippen LogP contribution in [0.1, 0.15) is 0 Å². The van der Waals surface area contributed by atoms with E-state index in [9.17, 15) is 0 Å². The van der Waals surface area contributed by atoms with Gasteiger partial charge >= 0.3 is 0 Å². The summed E-state index contributed by atoms with van der Waals surface area (Å²) in [6.45, 7) is 0. The number of aromatic nitrogens is 4. The summed E-state index contributed by atoms with van der Waals surface area (Å²) < 4.78 is 0. The first-order chi connectivity index (χ1) is 5.47. The Bertz CT molecular complexity index is 318. The Kier molecular flexibility index (Phi) is 2.76. The summed E-state index contributed by atoms with van der Waals surface area (Å²) in [4.78, 5) is 15.0. The van der Waals surface area contributed by atoms with Gasteiger partial charge in [-0.15, -0.1) is 12.4 Å². The average molecular weight is 183 g/mol. The lowest BCUT2D eigenvalue weighted by Gasteiger charge is -1.90. The van der Waals surface area contributed by atoms with E-state index in [0.29, 0.717) is 11.6 Å². The van der Waals surface area contributed by atoms with E-state index in [1.54, 1.807) is 30.9 Å². The lowest BCUT2D eigenvalue weighted by Crippen LogP contribution is -1.87. The molecule has 0 spiro atoms. The number of aromatic amines is 1. The molecule has 0 aliphatic rings. The van der Waals surface area contributed by atoms with Crippen LogP contribution in [0.25, 0.3) is 11.6 Å². The molecule has 0 saturated heterocycles. The Hall–Kier alpha value is -1.42. The van der Waals surface area contributed by atoms with Crippen molar-refractivity contribution in [3.63, 3.8) is 0 Å². The van der Waals surface area contributed by atoms with Gasteiger partial charge in [0.1, 0.15) is 0 Å². The molecule has 12 heavy (non-hydrogen) atoms. The Morgan fingerprint density at radius 1 is 1.00 bits per heavy atom. The Labute approximate surface area is 75.5 Å². The molecule has 2 heterocycles. The molecule has 0 aromatic carbocycles. The van der Waals surface area contributed by atoms with Gasteiger partial charge in [-0.3, -0.25) is 0 Å². The molecule has 0 atom stereocenters. The van der Waals surface area contributed by atoms with Crippen LogP contribution < -0.4 is 0 Å². The number of hydrogen-bond acceptors (Lipinski definition) is 3. The fourth-order valence-electron chi connectivity index (χ4n) is 0.809. The first-order valence-corrected chi connectivity index (χ1v) is 3.23. The second-order valence-corrected chi connectivity index (χ2v) is 2.01. The molecule has 0 fully saturated rings. The second kappa shape index (κ2) is 3.82. The highest BCUT2D eigenvalue weighted by molar-refractivity contribution is 5.85. The molecular formula is C7H7ClN4. The van der Waals surface area contributed by atoms with Crippen molar-refractivity contribution in [1.29, 1.82) is 0 Å². The van der Waals surface area contributed by atoms with Crippen molar-refractivity contribution in [3.8, 4) is 11.6 Å². The van der Waals surface area contributed by atoms with Crippen molar-refractivity contribution < 1.29 is 0 Å². The van der Waals surface area contributed by atoms with Gasteiger partial charge in [0.2, 0.25) is 0 Å². The third kappa shape index (κ3) is 1.60. The maximum Gasteiger partial charge on any atom is 0.195 e.